The number of aliphatic carboxylic acids is 1. The van der Waals surface area contributed by atoms with E-state index in [1.54, 1.807) is 12.1 Å². The first-order valence-electron chi connectivity index (χ1n) is 5.50. The number of sulfone groups is 1. The van der Waals surface area contributed by atoms with Gasteiger partial charge in [0.05, 0.1) is 6.42 Å². The highest BCUT2D eigenvalue weighted by atomic mass is 32.2. The summed E-state index contributed by atoms with van der Waals surface area (Å²) in [7, 11) is -3.44. The van der Waals surface area contributed by atoms with Gasteiger partial charge in [0.25, 0.3) is 0 Å². The van der Waals surface area contributed by atoms with E-state index in [1.165, 1.54) is 19.1 Å². The molecule has 0 aliphatic heterocycles. The van der Waals surface area contributed by atoms with E-state index in [1.807, 2.05) is 0 Å². The summed E-state index contributed by atoms with van der Waals surface area (Å²) in [6, 6.07) is 6.19. The van der Waals surface area contributed by atoms with E-state index in [4.69, 9.17) is 5.11 Å². The lowest BCUT2D eigenvalue weighted by Crippen LogP contribution is -2.31. The van der Waals surface area contributed by atoms with Gasteiger partial charge in [-0.3, -0.25) is 9.59 Å². The Morgan fingerprint density at radius 2 is 1.79 bits per heavy atom. The molecule has 104 valence electrons. The summed E-state index contributed by atoms with van der Waals surface area (Å²) in [4.78, 5) is 22.1. The first-order chi connectivity index (χ1) is 8.70. The first kappa shape index (κ1) is 15.2. The van der Waals surface area contributed by atoms with E-state index in [9.17, 15) is 18.0 Å². The summed E-state index contributed by atoms with van der Waals surface area (Å²) in [5, 5.41) is 9.94. The van der Waals surface area contributed by atoms with E-state index in [2.05, 4.69) is 5.32 Å². The molecule has 1 aromatic rings. The maximum absolute atomic E-state index is 11.6. The van der Waals surface area contributed by atoms with Crippen LogP contribution in [-0.4, -0.2) is 36.9 Å². The third-order valence-corrected chi connectivity index (χ3v) is 4.09. The summed E-state index contributed by atoms with van der Waals surface area (Å²) >= 11 is 0. The van der Waals surface area contributed by atoms with Crippen molar-refractivity contribution in [2.45, 2.75) is 18.6 Å². The van der Waals surface area contributed by atoms with Gasteiger partial charge in [0, 0.05) is 11.9 Å². The zero-order valence-electron chi connectivity index (χ0n) is 10.6. The van der Waals surface area contributed by atoms with Crippen molar-refractivity contribution in [3.05, 3.63) is 29.8 Å². The van der Waals surface area contributed by atoms with Crippen molar-refractivity contribution in [1.82, 2.24) is 0 Å². The van der Waals surface area contributed by atoms with Crippen molar-refractivity contribution in [2.75, 3.05) is 11.6 Å². The highest BCUT2D eigenvalue weighted by Gasteiger charge is 2.23. The molecule has 1 unspecified atom stereocenters. The van der Waals surface area contributed by atoms with Crippen LogP contribution < -0.4 is 5.32 Å². The smallest absolute Gasteiger partial charge is 0.307 e. The number of carboxylic acids is 1. The normalized spacial score (nSPS) is 12.7. The van der Waals surface area contributed by atoms with Gasteiger partial charge >= 0.3 is 5.97 Å². The molecule has 1 atom stereocenters. The third kappa shape index (κ3) is 4.70. The monoisotopic (exact) mass is 285 g/mol. The van der Waals surface area contributed by atoms with Gasteiger partial charge in [0.2, 0.25) is 5.91 Å². The standard InChI is InChI=1S/C12H15NO5S/c1-8(19(2,17)18)12(16)13-10-5-3-9(4-6-10)7-11(14)15/h3-6,8H,7H2,1-2H3,(H,13,16)(H,14,15). The zero-order valence-corrected chi connectivity index (χ0v) is 11.4. The summed E-state index contributed by atoms with van der Waals surface area (Å²) in [6.45, 7) is 1.31. The van der Waals surface area contributed by atoms with Crippen molar-refractivity contribution < 1.29 is 23.1 Å². The molecule has 6 nitrogen and oxygen atoms in total. The molecule has 1 amide bonds. The summed E-state index contributed by atoms with van der Waals surface area (Å²) in [5.41, 5.74) is 1.02. The van der Waals surface area contributed by atoms with Crippen LogP contribution in [0.3, 0.4) is 0 Å². The van der Waals surface area contributed by atoms with Crippen molar-refractivity contribution in [1.29, 1.82) is 0 Å². The summed E-state index contributed by atoms with van der Waals surface area (Å²) in [6.07, 6.45) is 0.890. The van der Waals surface area contributed by atoms with E-state index >= 15 is 0 Å². The number of rotatable bonds is 5. The predicted molar refractivity (Wildman–Crippen MR) is 70.7 cm³/mol. The van der Waals surface area contributed by atoms with Crippen molar-refractivity contribution in [3.8, 4) is 0 Å². The zero-order chi connectivity index (χ0) is 14.6. The minimum absolute atomic E-state index is 0.103. The Kier molecular flexibility index (Phi) is 4.66. The van der Waals surface area contributed by atoms with Crippen LogP contribution in [0.4, 0.5) is 5.69 Å². The van der Waals surface area contributed by atoms with Crippen LogP contribution in [0.15, 0.2) is 24.3 Å². The predicted octanol–water partition coefficient (Wildman–Crippen LogP) is 0.685. The Hall–Kier alpha value is -1.89. The minimum atomic E-state index is -3.44. The molecule has 2 N–H and O–H groups in total. The second-order valence-electron chi connectivity index (χ2n) is 4.23. The molecular weight excluding hydrogens is 270 g/mol. The Balaban J connectivity index is 2.73. The first-order valence-corrected chi connectivity index (χ1v) is 7.46. The number of nitrogens with one attached hydrogen (secondary N) is 1. The van der Waals surface area contributed by atoms with Gasteiger partial charge in [0.1, 0.15) is 5.25 Å². The quantitative estimate of drug-likeness (QED) is 0.828. The van der Waals surface area contributed by atoms with E-state index < -0.39 is 27.0 Å². The number of hydrogen-bond acceptors (Lipinski definition) is 4. The van der Waals surface area contributed by atoms with Crippen molar-refractivity contribution in [2.24, 2.45) is 0 Å². The number of hydrogen-bond donors (Lipinski definition) is 2. The number of amides is 1. The number of carboxylic acid groups (broad SMARTS) is 1. The number of carbonyl (C=O) groups is 2. The fourth-order valence-corrected chi connectivity index (χ4v) is 1.77. The molecule has 0 fully saturated rings. The lowest BCUT2D eigenvalue weighted by molar-refractivity contribution is -0.136. The van der Waals surface area contributed by atoms with Gasteiger partial charge in [-0.25, -0.2) is 8.42 Å². The van der Waals surface area contributed by atoms with E-state index in [0.29, 0.717) is 11.3 Å². The van der Waals surface area contributed by atoms with E-state index in [-0.39, 0.29) is 6.42 Å². The Labute approximate surface area is 111 Å². The molecule has 0 aliphatic carbocycles. The Morgan fingerprint density at radius 3 is 2.21 bits per heavy atom. The van der Waals surface area contributed by atoms with Gasteiger partial charge in [-0.05, 0) is 24.6 Å². The average molecular weight is 285 g/mol. The molecule has 1 rings (SSSR count). The minimum Gasteiger partial charge on any atom is -0.481 e. The van der Waals surface area contributed by atoms with Crippen molar-refractivity contribution >= 4 is 27.4 Å². The largest absolute Gasteiger partial charge is 0.481 e. The molecular formula is C12H15NO5S. The van der Waals surface area contributed by atoms with Gasteiger partial charge in [-0.15, -0.1) is 0 Å². The highest BCUT2D eigenvalue weighted by molar-refractivity contribution is 7.92. The van der Waals surface area contributed by atoms with Crippen molar-refractivity contribution in [3.63, 3.8) is 0 Å². The van der Waals surface area contributed by atoms with Crippen LogP contribution in [0.25, 0.3) is 0 Å². The van der Waals surface area contributed by atoms with Crippen LogP contribution in [0.5, 0.6) is 0 Å². The van der Waals surface area contributed by atoms with Crippen LogP contribution in [0, 0.1) is 0 Å². The van der Waals surface area contributed by atoms with Gasteiger partial charge in [-0.1, -0.05) is 12.1 Å². The molecule has 0 radical (unpaired) electrons. The summed E-state index contributed by atoms with van der Waals surface area (Å²) < 4.78 is 22.4. The second kappa shape index (κ2) is 5.83. The molecule has 0 aromatic heterocycles. The number of benzene rings is 1. The molecule has 0 heterocycles. The molecule has 0 bridgehead atoms. The second-order valence-corrected chi connectivity index (χ2v) is 6.59. The lowest BCUT2D eigenvalue weighted by atomic mass is 10.1. The lowest BCUT2D eigenvalue weighted by Gasteiger charge is -2.10. The molecule has 0 saturated heterocycles. The molecule has 0 saturated carbocycles. The molecule has 0 spiro atoms. The fourth-order valence-electron chi connectivity index (χ4n) is 1.32. The van der Waals surface area contributed by atoms with E-state index in [0.717, 1.165) is 6.26 Å². The molecule has 1 aromatic carbocycles. The highest BCUT2D eigenvalue weighted by Crippen LogP contribution is 2.11. The van der Waals surface area contributed by atoms with Crippen LogP contribution >= 0.6 is 0 Å². The average Bonchev–Trinajstić information content (AvgIpc) is 2.28. The maximum Gasteiger partial charge on any atom is 0.307 e. The molecule has 0 aliphatic rings. The SMILES string of the molecule is CC(C(=O)Nc1ccc(CC(=O)O)cc1)S(C)(=O)=O. The van der Waals surface area contributed by atoms with Crippen LogP contribution in [-0.2, 0) is 25.8 Å². The van der Waals surface area contributed by atoms with Crippen LogP contribution in [0.1, 0.15) is 12.5 Å². The Morgan fingerprint density at radius 1 is 1.26 bits per heavy atom. The Bertz CT molecular complexity index is 577. The van der Waals surface area contributed by atoms with Gasteiger partial charge in [0.15, 0.2) is 9.84 Å². The van der Waals surface area contributed by atoms with Gasteiger partial charge < -0.3 is 10.4 Å². The summed E-state index contributed by atoms with van der Waals surface area (Å²) in [5.74, 6) is -1.56. The fraction of sp³-hybridized carbons (Fsp3) is 0.333. The molecule has 19 heavy (non-hydrogen) atoms. The topological polar surface area (TPSA) is 101 Å². The maximum atomic E-state index is 11.6. The van der Waals surface area contributed by atoms with Gasteiger partial charge in [-0.2, -0.15) is 0 Å². The number of anilines is 1. The van der Waals surface area contributed by atoms with Crippen LogP contribution in [0.2, 0.25) is 0 Å². The number of carbonyl (C=O) groups excluding carboxylic acids is 1. The molecule has 7 heteroatoms. The third-order valence-electron chi connectivity index (χ3n) is 2.59.